The van der Waals surface area contributed by atoms with Crippen molar-refractivity contribution < 1.29 is 9.59 Å². The van der Waals surface area contributed by atoms with Crippen molar-refractivity contribution in [1.82, 2.24) is 14.8 Å². The lowest BCUT2D eigenvalue weighted by molar-refractivity contribution is -0.136. The van der Waals surface area contributed by atoms with Crippen LogP contribution in [0.25, 0.3) is 0 Å². The second-order valence-electron chi connectivity index (χ2n) is 5.47. The number of aromatic nitrogens is 1. The highest BCUT2D eigenvalue weighted by Crippen LogP contribution is 2.20. The van der Waals surface area contributed by atoms with Gasteiger partial charge in [0.1, 0.15) is 0 Å². The maximum absolute atomic E-state index is 12.4. The minimum atomic E-state index is -0.162. The van der Waals surface area contributed by atoms with Crippen molar-refractivity contribution in [2.24, 2.45) is 5.92 Å². The summed E-state index contributed by atoms with van der Waals surface area (Å²) in [7, 11) is 0. The standard InChI is InChI=1S/C16H24N4O2/c1-3-19(4-2)15(21)13-7-6-10-20(12-13)16(22)18-14-8-5-9-17-11-14/h5,8-9,11,13H,3-4,6-7,10,12H2,1-2H3,(H,18,22). The highest BCUT2D eigenvalue weighted by atomic mass is 16.2. The molecule has 22 heavy (non-hydrogen) atoms. The van der Waals surface area contributed by atoms with Gasteiger partial charge in [0.05, 0.1) is 17.8 Å². The maximum Gasteiger partial charge on any atom is 0.321 e. The van der Waals surface area contributed by atoms with Gasteiger partial charge < -0.3 is 15.1 Å². The molecule has 0 radical (unpaired) electrons. The van der Waals surface area contributed by atoms with E-state index in [0.717, 1.165) is 12.8 Å². The average Bonchev–Trinajstić information content (AvgIpc) is 2.57. The fourth-order valence-corrected chi connectivity index (χ4v) is 2.80. The molecule has 1 aromatic rings. The molecule has 1 aliphatic rings. The number of carbonyl (C=O) groups excluding carboxylic acids is 2. The third-order valence-corrected chi connectivity index (χ3v) is 4.05. The summed E-state index contributed by atoms with van der Waals surface area (Å²) in [5, 5.41) is 2.83. The van der Waals surface area contributed by atoms with Crippen molar-refractivity contribution in [2.75, 3.05) is 31.5 Å². The van der Waals surface area contributed by atoms with E-state index in [1.807, 2.05) is 18.7 Å². The molecule has 0 spiro atoms. The Hall–Kier alpha value is -2.11. The first-order valence-electron chi connectivity index (χ1n) is 7.90. The van der Waals surface area contributed by atoms with Crippen LogP contribution in [0.3, 0.4) is 0 Å². The van der Waals surface area contributed by atoms with E-state index in [2.05, 4.69) is 10.3 Å². The lowest BCUT2D eigenvalue weighted by atomic mass is 9.96. The largest absolute Gasteiger partial charge is 0.343 e. The quantitative estimate of drug-likeness (QED) is 0.927. The molecule has 1 N–H and O–H groups in total. The highest BCUT2D eigenvalue weighted by Gasteiger charge is 2.30. The molecule has 1 saturated heterocycles. The molecular weight excluding hydrogens is 280 g/mol. The third kappa shape index (κ3) is 3.96. The molecular formula is C16H24N4O2. The fourth-order valence-electron chi connectivity index (χ4n) is 2.80. The zero-order chi connectivity index (χ0) is 15.9. The van der Waals surface area contributed by atoms with Gasteiger partial charge in [0, 0.05) is 32.4 Å². The number of nitrogens with zero attached hydrogens (tertiary/aromatic N) is 3. The molecule has 1 aliphatic heterocycles. The Labute approximate surface area is 131 Å². The Kier molecular flexibility index (Phi) is 5.75. The van der Waals surface area contributed by atoms with Gasteiger partial charge in [-0.2, -0.15) is 0 Å². The van der Waals surface area contributed by atoms with Crippen LogP contribution in [0.1, 0.15) is 26.7 Å². The number of piperidine rings is 1. The minimum Gasteiger partial charge on any atom is -0.343 e. The Morgan fingerprint density at radius 1 is 1.41 bits per heavy atom. The molecule has 6 nitrogen and oxygen atoms in total. The van der Waals surface area contributed by atoms with E-state index < -0.39 is 0 Å². The SMILES string of the molecule is CCN(CC)C(=O)C1CCCN(C(=O)Nc2cccnc2)C1. The monoisotopic (exact) mass is 304 g/mol. The summed E-state index contributed by atoms with van der Waals surface area (Å²) in [5.41, 5.74) is 0.671. The molecule has 1 fully saturated rings. The number of pyridine rings is 1. The molecule has 3 amide bonds. The summed E-state index contributed by atoms with van der Waals surface area (Å²) in [6.45, 7) is 6.57. The number of amides is 3. The Morgan fingerprint density at radius 3 is 2.82 bits per heavy atom. The fraction of sp³-hybridized carbons (Fsp3) is 0.562. The number of carbonyl (C=O) groups is 2. The van der Waals surface area contributed by atoms with Crippen LogP contribution in [-0.2, 0) is 4.79 Å². The van der Waals surface area contributed by atoms with Crippen LogP contribution in [0.2, 0.25) is 0 Å². The van der Waals surface area contributed by atoms with E-state index in [9.17, 15) is 9.59 Å². The van der Waals surface area contributed by atoms with Gasteiger partial charge in [0.15, 0.2) is 0 Å². The smallest absolute Gasteiger partial charge is 0.321 e. The van der Waals surface area contributed by atoms with E-state index >= 15 is 0 Å². The van der Waals surface area contributed by atoms with Crippen molar-refractivity contribution >= 4 is 17.6 Å². The van der Waals surface area contributed by atoms with E-state index in [1.54, 1.807) is 29.4 Å². The molecule has 120 valence electrons. The van der Waals surface area contributed by atoms with Gasteiger partial charge in [-0.1, -0.05) is 0 Å². The van der Waals surface area contributed by atoms with E-state index in [1.165, 1.54) is 0 Å². The van der Waals surface area contributed by atoms with Crippen LogP contribution in [0, 0.1) is 5.92 Å². The minimum absolute atomic E-state index is 0.0895. The van der Waals surface area contributed by atoms with Crippen molar-refractivity contribution in [3.05, 3.63) is 24.5 Å². The van der Waals surface area contributed by atoms with Crippen LogP contribution in [0.15, 0.2) is 24.5 Å². The average molecular weight is 304 g/mol. The first kappa shape index (κ1) is 16.3. The van der Waals surface area contributed by atoms with Gasteiger partial charge in [-0.25, -0.2) is 4.79 Å². The molecule has 2 heterocycles. The van der Waals surface area contributed by atoms with E-state index in [4.69, 9.17) is 0 Å². The van der Waals surface area contributed by atoms with Crippen molar-refractivity contribution in [2.45, 2.75) is 26.7 Å². The van der Waals surface area contributed by atoms with E-state index in [0.29, 0.717) is 31.9 Å². The highest BCUT2D eigenvalue weighted by molar-refractivity contribution is 5.89. The van der Waals surface area contributed by atoms with Crippen molar-refractivity contribution in [3.8, 4) is 0 Å². The van der Waals surface area contributed by atoms with Crippen LogP contribution in [0.4, 0.5) is 10.5 Å². The van der Waals surface area contributed by atoms with E-state index in [-0.39, 0.29) is 17.9 Å². The molecule has 0 bridgehead atoms. The predicted octanol–water partition coefficient (Wildman–Crippen LogP) is 2.19. The van der Waals surface area contributed by atoms with Crippen LogP contribution < -0.4 is 5.32 Å². The molecule has 1 atom stereocenters. The lowest BCUT2D eigenvalue weighted by Crippen LogP contribution is -2.47. The van der Waals surface area contributed by atoms with Gasteiger partial charge in [0.25, 0.3) is 0 Å². The molecule has 0 saturated carbocycles. The second-order valence-corrected chi connectivity index (χ2v) is 5.47. The van der Waals surface area contributed by atoms with Crippen LogP contribution in [0.5, 0.6) is 0 Å². The number of nitrogens with one attached hydrogen (secondary N) is 1. The maximum atomic E-state index is 12.4. The summed E-state index contributed by atoms with van der Waals surface area (Å²) >= 11 is 0. The second kappa shape index (κ2) is 7.77. The first-order valence-corrected chi connectivity index (χ1v) is 7.90. The zero-order valence-electron chi connectivity index (χ0n) is 13.3. The van der Waals surface area contributed by atoms with Gasteiger partial charge in [-0.05, 0) is 38.8 Å². The van der Waals surface area contributed by atoms with Crippen molar-refractivity contribution in [3.63, 3.8) is 0 Å². The number of hydrogen-bond acceptors (Lipinski definition) is 3. The Balaban J connectivity index is 1.95. The summed E-state index contributed by atoms with van der Waals surface area (Å²) in [4.78, 5) is 32.3. The predicted molar refractivity (Wildman–Crippen MR) is 85.5 cm³/mol. The number of rotatable bonds is 4. The molecule has 6 heteroatoms. The molecule has 2 rings (SSSR count). The molecule has 1 unspecified atom stereocenters. The van der Waals surface area contributed by atoms with Crippen molar-refractivity contribution in [1.29, 1.82) is 0 Å². The number of urea groups is 1. The van der Waals surface area contributed by atoms with Crippen LogP contribution in [-0.4, -0.2) is 52.9 Å². The van der Waals surface area contributed by atoms with Gasteiger partial charge in [-0.3, -0.25) is 9.78 Å². The first-order chi connectivity index (χ1) is 10.7. The van der Waals surface area contributed by atoms with Crippen LogP contribution >= 0.6 is 0 Å². The van der Waals surface area contributed by atoms with Gasteiger partial charge in [-0.15, -0.1) is 0 Å². The zero-order valence-corrected chi connectivity index (χ0v) is 13.3. The lowest BCUT2D eigenvalue weighted by Gasteiger charge is -2.34. The summed E-state index contributed by atoms with van der Waals surface area (Å²) in [6, 6.07) is 3.41. The number of hydrogen-bond donors (Lipinski definition) is 1. The summed E-state index contributed by atoms with van der Waals surface area (Å²) in [6.07, 6.45) is 4.99. The van der Waals surface area contributed by atoms with Gasteiger partial charge in [0.2, 0.25) is 5.91 Å². The summed E-state index contributed by atoms with van der Waals surface area (Å²) in [5.74, 6) is 0.0668. The number of anilines is 1. The normalized spacial score (nSPS) is 17.9. The molecule has 0 aliphatic carbocycles. The molecule has 1 aromatic heterocycles. The number of likely N-dealkylation sites (tertiary alicyclic amines) is 1. The third-order valence-electron chi connectivity index (χ3n) is 4.05. The Morgan fingerprint density at radius 2 is 2.18 bits per heavy atom. The Bertz CT molecular complexity index is 502. The molecule has 0 aromatic carbocycles. The summed E-state index contributed by atoms with van der Waals surface area (Å²) < 4.78 is 0. The topological polar surface area (TPSA) is 65.5 Å². The van der Waals surface area contributed by atoms with Gasteiger partial charge >= 0.3 is 6.03 Å².